The molecule has 30 heavy (non-hydrogen) atoms. The highest BCUT2D eigenvalue weighted by Gasteiger charge is 2.13. The van der Waals surface area contributed by atoms with Gasteiger partial charge < -0.3 is 10.1 Å². The molecule has 0 bridgehead atoms. The molecule has 4 rings (SSSR count). The van der Waals surface area contributed by atoms with Gasteiger partial charge in [0.25, 0.3) is 0 Å². The van der Waals surface area contributed by atoms with E-state index in [1.54, 1.807) is 6.08 Å². The molecule has 0 unspecified atom stereocenters. The predicted molar refractivity (Wildman–Crippen MR) is 124 cm³/mol. The molecule has 4 aromatic rings. The van der Waals surface area contributed by atoms with Gasteiger partial charge in [0, 0.05) is 17.8 Å². The van der Waals surface area contributed by atoms with Crippen molar-refractivity contribution in [2.45, 2.75) is 13.3 Å². The Hall–Kier alpha value is -3.85. The first-order valence-electron chi connectivity index (χ1n) is 10.0. The lowest BCUT2D eigenvalue weighted by molar-refractivity contribution is -0.131. The van der Waals surface area contributed by atoms with Crippen LogP contribution in [0.5, 0.6) is 0 Å². The molecule has 0 aliphatic carbocycles. The second-order valence-electron chi connectivity index (χ2n) is 7.15. The summed E-state index contributed by atoms with van der Waals surface area (Å²) >= 11 is 0. The SMILES string of the molecule is CC/C(=C(/c1ccc(/C=C/C(=O)O)cc1)c1ccc2[nH]ccc2c1)c1ccccc1. The van der Waals surface area contributed by atoms with Gasteiger partial charge in [-0.3, -0.25) is 0 Å². The highest BCUT2D eigenvalue weighted by atomic mass is 16.4. The van der Waals surface area contributed by atoms with Crippen LogP contribution in [0, 0.1) is 0 Å². The molecule has 0 amide bonds. The number of aromatic amines is 1. The van der Waals surface area contributed by atoms with Crippen molar-refractivity contribution >= 4 is 34.1 Å². The van der Waals surface area contributed by atoms with E-state index < -0.39 is 5.97 Å². The van der Waals surface area contributed by atoms with E-state index in [0.29, 0.717) is 0 Å². The third-order valence-corrected chi connectivity index (χ3v) is 5.24. The minimum absolute atomic E-state index is 0.861. The van der Waals surface area contributed by atoms with E-state index in [-0.39, 0.29) is 0 Å². The summed E-state index contributed by atoms with van der Waals surface area (Å²) in [4.78, 5) is 14.1. The number of hydrogen-bond donors (Lipinski definition) is 2. The van der Waals surface area contributed by atoms with Gasteiger partial charge in [-0.25, -0.2) is 4.79 Å². The van der Waals surface area contributed by atoms with Crippen molar-refractivity contribution in [3.8, 4) is 0 Å². The summed E-state index contributed by atoms with van der Waals surface area (Å²) in [5.74, 6) is -0.947. The maximum Gasteiger partial charge on any atom is 0.328 e. The standard InChI is InChI=1S/C27H23NO2/c1-2-24(20-6-4-3-5-7-20)27(23-13-14-25-22(18-23)16-17-28-25)21-11-8-19(9-12-21)10-15-26(29)30/h3-18,28H,2H2,1H3,(H,29,30)/b15-10+,27-24+. The number of aliphatic carboxylic acids is 1. The lowest BCUT2D eigenvalue weighted by Crippen LogP contribution is -1.95. The highest BCUT2D eigenvalue weighted by Crippen LogP contribution is 2.35. The van der Waals surface area contributed by atoms with Gasteiger partial charge in [0.1, 0.15) is 0 Å². The monoisotopic (exact) mass is 393 g/mol. The number of carboxylic acids is 1. The average molecular weight is 393 g/mol. The molecule has 0 saturated carbocycles. The fraction of sp³-hybridized carbons (Fsp3) is 0.0741. The average Bonchev–Trinajstić information content (AvgIpc) is 3.25. The summed E-state index contributed by atoms with van der Waals surface area (Å²) in [7, 11) is 0. The summed E-state index contributed by atoms with van der Waals surface area (Å²) in [5, 5.41) is 10.0. The van der Waals surface area contributed by atoms with E-state index >= 15 is 0 Å². The van der Waals surface area contributed by atoms with Crippen molar-refractivity contribution in [2.75, 3.05) is 0 Å². The van der Waals surface area contributed by atoms with Gasteiger partial charge in [-0.2, -0.15) is 0 Å². The lowest BCUT2D eigenvalue weighted by atomic mass is 9.87. The van der Waals surface area contributed by atoms with E-state index in [0.717, 1.165) is 34.7 Å². The number of benzene rings is 3. The number of H-pyrrole nitrogens is 1. The van der Waals surface area contributed by atoms with Crippen molar-refractivity contribution in [2.24, 2.45) is 0 Å². The second-order valence-corrected chi connectivity index (χ2v) is 7.15. The lowest BCUT2D eigenvalue weighted by Gasteiger charge is -2.17. The van der Waals surface area contributed by atoms with Gasteiger partial charge in [-0.05, 0) is 69.5 Å². The van der Waals surface area contributed by atoms with Crippen molar-refractivity contribution < 1.29 is 9.90 Å². The Morgan fingerprint density at radius 1 is 0.900 bits per heavy atom. The zero-order chi connectivity index (χ0) is 20.9. The van der Waals surface area contributed by atoms with Crippen LogP contribution in [0.4, 0.5) is 0 Å². The quantitative estimate of drug-likeness (QED) is 0.285. The van der Waals surface area contributed by atoms with Crippen LogP contribution in [-0.4, -0.2) is 16.1 Å². The normalized spacial score (nSPS) is 12.3. The number of fused-ring (bicyclic) bond motifs is 1. The Labute approximate surface area is 176 Å². The van der Waals surface area contributed by atoms with Gasteiger partial charge in [0.2, 0.25) is 0 Å². The van der Waals surface area contributed by atoms with Gasteiger partial charge in [-0.15, -0.1) is 0 Å². The summed E-state index contributed by atoms with van der Waals surface area (Å²) in [6.45, 7) is 2.18. The van der Waals surface area contributed by atoms with Crippen LogP contribution in [-0.2, 0) is 4.79 Å². The Bertz CT molecular complexity index is 1230. The highest BCUT2D eigenvalue weighted by molar-refractivity contribution is 6.00. The molecule has 2 N–H and O–H groups in total. The first-order valence-corrected chi connectivity index (χ1v) is 10.0. The van der Waals surface area contributed by atoms with Crippen LogP contribution < -0.4 is 0 Å². The molecule has 0 radical (unpaired) electrons. The molecule has 0 saturated heterocycles. The maximum absolute atomic E-state index is 10.8. The van der Waals surface area contributed by atoms with Crippen molar-refractivity contribution in [3.05, 3.63) is 113 Å². The van der Waals surface area contributed by atoms with Gasteiger partial charge in [0.05, 0.1) is 0 Å². The molecule has 1 aromatic heterocycles. The molecule has 0 fully saturated rings. The van der Waals surface area contributed by atoms with Crippen LogP contribution >= 0.6 is 0 Å². The molecule has 3 nitrogen and oxygen atoms in total. The van der Waals surface area contributed by atoms with E-state index in [1.165, 1.54) is 22.1 Å². The molecular formula is C27H23NO2. The molecule has 3 heteroatoms. The summed E-state index contributed by atoms with van der Waals surface area (Å²) < 4.78 is 0. The molecule has 0 spiro atoms. The number of allylic oxidation sites excluding steroid dienone is 1. The van der Waals surface area contributed by atoms with Crippen molar-refractivity contribution in [1.82, 2.24) is 4.98 Å². The fourth-order valence-electron chi connectivity index (χ4n) is 3.82. The third-order valence-electron chi connectivity index (χ3n) is 5.24. The first kappa shape index (κ1) is 19.5. The topological polar surface area (TPSA) is 53.1 Å². The molecule has 3 aromatic carbocycles. The largest absolute Gasteiger partial charge is 0.478 e. The molecular weight excluding hydrogens is 370 g/mol. The van der Waals surface area contributed by atoms with Crippen LogP contribution in [0.1, 0.15) is 35.6 Å². The van der Waals surface area contributed by atoms with Crippen LogP contribution in [0.25, 0.3) is 28.1 Å². The third kappa shape index (κ3) is 4.11. The zero-order valence-corrected chi connectivity index (χ0v) is 16.8. The number of hydrogen-bond acceptors (Lipinski definition) is 1. The minimum Gasteiger partial charge on any atom is -0.478 e. The Balaban J connectivity index is 1.89. The molecule has 0 atom stereocenters. The molecule has 148 valence electrons. The van der Waals surface area contributed by atoms with E-state index in [2.05, 4.69) is 72.6 Å². The van der Waals surface area contributed by atoms with Gasteiger partial charge in [-0.1, -0.05) is 67.6 Å². The first-order chi connectivity index (χ1) is 14.7. The zero-order valence-electron chi connectivity index (χ0n) is 16.8. The summed E-state index contributed by atoms with van der Waals surface area (Å²) in [6.07, 6.45) is 5.62. The van der Waals surface area contributed by atoms with Gasteiger partial charge >= 0.3 is 5.97 Å². The Kier molecular flexibility index (Phi) is 5.62. The Morgan fingerprint density at radius 3 is 2.33 bits per heavy atom. The minimum atomic E-state index is -0.947. The summed E-state index contributed by atoms with van der Waals surface area (Å²) in [5.41, 5.74) is 7.93. The molecule has 0 aliphatic rings. The number of nitrogens with one attached hydrogen (secondary N) is 1. The smallest absolute Gasteiger partial charge is 0.328 e. The number of aromatic nitrogens is 1. The van der Waals surface area contributed by atoms with Crippen LogP contribution in [0.3, 0.4) is 0 Å². The van der Waals surface area contributed by atoms with E-state index in [1.807, 2.05) is 24.4 Å². The summed E-state index contributed by atoms with van der Waals surface area (Å²) in [6, 6.07) is 27.1. The molecule has 0 aliphatic heterocycles. The fourth-order valence-corrected chi connectivity index (χ4v) is 3.82. The van der Waals surface area contributed by atoms with E-state index in [9.17, 15) is 4.79 Å². The number of rotatable bonds is 6. The predicted octanol–water partition coefficient (Wildman–Crippen LogP) is 6.63. The van der Waals surface area contributed by atoms with Crippen LogP contribution in [0.2, 0.25) is 0 Å². The number of carbonyl (C=O) groups is 1. The van der Waals surface area contributed by atoms with E-state index in [4.69, 9.17) is 5.11 Å². The van der Waals surface area contributed by atoms with Crippen molar-refractivity contribution in [1.29, 1.82) is 0 Å². The molecule has 1 heterocycles. The van der Waals surface area contributed by atoms with Crippen molar-refractivity contribution in [3.63, 3.8) is 0 Å². The number of carboxylic acid groups (broad SMARTS) is 1. The Morgan fingerprint density at radius 2 is 1.63 bits per heavy atom. The van der Waals surface area contributed by atoms with Crippen LogP contribution in [0.15, 0.2) is 91.1 Å². The van der Waals surface area contributed by atoms with Gasteiger partial charge in [0.15, 0.2) is 0 Å². The second kappa shape index (κ2) is 8.66. The maximum atomic E-state index is 10.8.